The van der Waals surface area contributed by atoms with E-state index in [0.717, 1.165) is 6.07 Å². The second kappa shape index (κ2) is 6.42. The largest absolute Gasteiger partial charge is 0.465 e. The SMILES string of the molecule is CCC(=O)Nc1ccc(N2CC[C@H](NC(=O)O)C2=O)c(F)c1. The van der Waals surface area contributed by atoms with Crippen molar-refractivity contribution in [3.05, 3.63) is 24.0 Å². The summed E-state index contributed by atoms with van der Waals surface area (Å²) in [5.74, 6) is -1.39. The first-order valence-electron chi connectivity index (χ1n) is 6.82. The fourth-order valence-corrected chi connectivity index (χ4v) is 2.26. The Hall–Kier alpha value is -2.64. The van der Waals surface area contributed by atoms with Gasteiger partial charge in [-0.3, -0.25) is 9.59 Å². The van der Waals surface area contributed by atoms with Crippen molar-refractivity contribution in [3.8, 4) is 0 Å². The topological polar surface area (TPSA) is 98.7 Å². The molecule has 1 aliphatic rings. The van der Waals surface area contributed by atoms with Crippen LogP contribution in [0.5, 0.6) is 0 Å². The molecule has 0 bridgehead atoms. The molecular formula is C14H16FN3O4. The standard InChI is InChI=1S/C14H16FN3O4/c1-2-12(19)16-8-3-4-11(9(15)7-8)18-6-5-10(13(18)20)17-14(21)22/h3-4,7,10,17H,2,5-6H2,1H3,(H,16,19)(H,21,22)/t10-/m0/s1. The monoisotopic (exact) mass is 309 g/mol. The van der Waals surface area contributed by atoms with Crippen LogP contribution in [-0.4, -0.2) is 35.6 Å². The third-order valence-corrected chi connectivity index (χ3v) is 3.35. The first-order chi connectivity index (χ1) is 10.4. The highest BCUT2D eigenvalue weighted by Gasteiger charge is 2.34. The van der Waals surface area contributed by atoms with Gasteiger partial charge >= 0.3 is 6.09 Å². The highest BCUT2D eigenvalue weighted by molar-refractivity contribution is 6.01. The molecule has 7 nitrogen and oxygen atoms in total. The zero-order chi connectivity index (χ0) is 16.3. The molecule has 1 aromatic rings. The lowest BCUT2D eigenvalue weighted by Gasteiger charge is -2.18. The molecule has 2 rings (SSSR count). The Balaban J connectivity index is 2.15. The summed E-state index contributed by atoms with van der Waals surface area (Å²) in [7, 11) is 0. The van der Waals surface area contributed by atoms with Crippen molar-refractivity contribution in [2.45, 2.75) is 25.8 Å². The maximum Gasteiger partial charge on any atom is 0.405 e. The van der Waals surface area contributed by atoms with Gasteiger partial charge in [-0.25, -0.2) is 9.18 Å². The van der Waals surface area contributed by atoms with E-state index in [-0.39, 0.29) is 31.0 Å². The number of halogens is 1. The summed E-state index contributed by atoms with van der Waals surface area (Å²) in [5, 5.41) is 13.3. The van der Waals surface area contributed by atoms with Crippen molar-refractivity contribution < 1.29 is 23.9 Å². The van der Waals surface area contributed by atoms with Crippen molar-refractivity contribution in [3.63, 3.8) is 0 Å². The Morgan fingerprint density at radius 1 is 1.45 bits per heavy atom. The van der Waals surface area contributed by atoms with E-state index in [4.69, 9.17) is 5.11 Å². The van der Waals surface area contributed by atoms with Gasteiger partial charge in [-0.05, 0) is 24.6 Å². The van der Waals surface area contributed by atoms with Crippen LogP contribution in [0.3, 0.4) is 0 Å². The van der Waals surface area contributed by atoms with Gasteiger partial charge in [0.05, 0.1) is 5.69 Å². The number of hydrogen-bond donors (Lipinski definition) is 3. The van der Waals surface area contributed by atoms with Crippen LogP contribution in [0, 0.1) is 5.82 Å². The van der Waals surface area contributed by atoms with E-state index < -0.39 is 23.9 Å². The average Bonchev–Trinajstić information content (AvgIpc) is 2.80. The molecule has 0 aliphatic carbocycles. The maximum absolute atomic E-state index is 14.1. The van der Waals surface area contributed by atoms with Gasteiger partial charge in [-0.15, -0.1) is 0 Å². The van der Waals surface area contributed by atoms with E-state index in [0.29, 0.717) is 5.69 Å². The molecular weight excluding hydrogens is 293 g/mol. The van der Waals surface area contributed by atoms with Gasteiger partial charge in [0.1, 0.15) is 11.9 Å². The van der Waals surface area contributed by atoms with Crippen LogP contribution in [-0.2, 0) is 9.59 Å². The number of anilines is 2. The Labute approximate surface area is 126 Å². The predicted octanol–water partition coefficient (Wildman–Crippen LogP) is 1.55. The number of hydrogen-bond acceptors (Lipinski definition) is 3. The zero-order valence-corrected chi connectivity index (χ0v) is 11.9. The molecule has 0 spiro atoms. The number of nitrogens with zero attached hydrogens (tertiary/aromatic N) is 1. The van der Waals surface area contributed by atoms with E-state index in [1.54, 1.807) is 6.92 Å². The summed E-state index contributed by atoms with van der Waals surface area (Å²) in [4.78, 5) is 35.1. The minimum absolute atomic E-state index is 0.0641. The van der Waals surface area contributed by atoms with Crippen LogP contribution >= 0.6 is 0 Å². The van der Waals surface area contributed by atoms with E-state index >= 15 is 0 Å². The molecule has 8 heteroatoms. The maximum atomic E-state index is 14.1. The quantitative estimate of drug-likeness (QED) is 0.785. The normalized spacial score (nSPS) is 17.5. The summed E-state index contributed by atoms with van der Waals surface area (Å²) in [6, 6.07) is 3.16. The summed E-state index contributed by atoms with van der Waals surface area (Å²) in [5.41, 5.74) is 0.370. The molecule has 0 unspecified atom stereocenters. The van der Waals surface area contributed by atoms with Gasteiger partial charge in [0, 0.05) is 18.7 Å². The lowest BCUT2D eigenvalue weighted by Crippen LogP contribution is -2.41. The summed E-state index contributed by atoms with van der Waals surface area (Å²) >= 11 is 0. The number of benzene rings is 1. The minimum Gasteiger partial charge on any atom is -0.465 e. The predicted molar refractivity (Wildman–Crippen MR) is 77.2 cm³/mol. The van der Waals surface area contributed by atoms with Crippen LogP contribution in [0.15, 0.2) is 18.2 Å². The molecule has 1 aromatic carbocycles. The highest BCUT2D eigenvalue weighted by atomic mass is 19.1. The van der Waals surface area contributed by atoms with Gasteiger partial charge in [0.2, 0.25) is 11.8 Å². The van der Waals surface area contributed by atoms with E-state index in [1.165, 1.54) is 17.0 Å². The molecule has 3 amide bonds. The third kappa shape index (κ3) is 3.33. The Kier molecular flexibility index (Phi) is 4.59. The summed E-state index contributed by atoms with van der Waals surface area (Å²) in [6.07, 6.45) is -0.742. The fraction of sp³-hybridized carbons (Fsp3) is 0.357. The average molecular weight is 309 g/mol. The molecule has 1 fully saturated rings. The molecule has 1 aliphatic heterocycles. The number of amides is 3. The van der Waals surface area contributed by atoms with Crippen molar-refractivity contribution in [2.75, 3.05) is 16.8 Å². The first-order valence-corrected chi connectivity index (χ1v) is 6.82. The van der Waals surface area contributed by atoms with Crippen molar-refractivity contribution in [1.82, 2.24) is 5.32 Å². The van der Waals surface area contributed by atoms with Crippen LogP contribution in [0.1, 0.15) is 19.8 Å². The molecule has 1 heterocycles. The van der Waals surface area contributed by atoms with Crippen molar-refractivity contribution in [1.29, 1.82) is 0 Å². The van der Waals surface area contributed by atoms with Crippen LogP contribution in [0.4, 0.5) is 20.6 Å². The molecule has 0 saturated carbocycles. The lowest BCUT2D eigenvalue weighted by atomic mass is 10.2. The van der Waals surface area contributed by atoms with Gasteiger partial charge in [-0.2, -0.15) is 0 Å². The minimum atomic E-state index is -1.29. The molecule has 1 saturated heterocycles. The molecule has 22 heavy (non-hydrogen) atoms. The third-order valence-electron chi connectivity index (χ3n) is 3.35. The highest BCUT2D eigenvalue weighted by Crippen LogP contribution is 2.27. The van der Waals surface area contributed by atoms with E-state index in [2.05, 4.69) is 10.6 Å². The Bertz CT molecular complexity index is 620. The number of carbonyl (C=O) groups is 3. The van der Waals surface area contributed by atoms with Crippen molar-refractivity contribution >= 4 is 29.3 Å². The number of nitrogens with one attached hydrogen (secondary N) is 2. The molecule has 118 valence electrons. The molecule has 1 atom stereocenters. The van der Waals surface area contributed by atoms with Crippen LogP contribution in [0.25, 0.3) is 0 Å². The smallest absolute Gasteiger partial charge is 0.405 e. The first kappa shape index (κ1) is 15.7. The van der Waals surface area contributed by atoms with Gasteiger partial charge in [0.25, 0.3) is 0 Å². The van der Waals surface area contributed by atoms with Gasteiger partial charge in [-0.1, -0.05) is 6.92 Å². The molecule has 3 N–H and O–H groups in total. The fourth-order valence-electron chi connectivity index (χ4n) is 2.26. The van der Waals surface area contributed by atoms with Gasteiger partial charge in [0.15, 0.2) is 0 Å². The zero-order valence-electron chi connectivity index (χ0n) is 11.9. The summed E-state index contributed by atoms with van der Waals surface area (Å²) < 4.78 is 14.1. The number of rotatable bonds is 4. The van der Waals surface area contributed by atoms with Crippen molar-refractivity contribution in [2.24, 2.45) is 0 Å². The second-order valence-corrected chi connectivity index (χ2v) is 4.85. The summed E-state index contributed by atoms with van der Waals surface area (Å²) in [6.45, 7) is 1.90. The number of carboxylic acid groups (broad SMARTS) is 1. The number of carbonyl (C=O) groups excluding carboxylic acids is 2. The van der Waals surface area contributed by atoms with Crippen LogP contribution in [0.2, 0.25) is 0 Å². The Morgan fingerprint density at radius 3 is 2.77 bits per heavy atom. The second-order valence-electron chi connectivity index (χ2n) is 4.85. The van der Waals surface area contributed by atoms with E-state index in [9.17, 15) is 18.8 Å². The molecule has 0 aromatic heterocycles. The lowest BCUT2D eigenvalue weighted by molar-refractivity contribution is -0.118. The van der Waals surface area contributed by atoms with E-state index in [1.807, 2.05) is 0 Å². The van der Waals surface area contributed by atoms with Crippen LogP contribution < -0.4 is 15.5 Å². The van der Waals surface area contributed by atoms with Gasteiger partial charge < -0.3 is 20.6 Å². The Morgan fingerprint density at radius 2 is 2.18 bits per heavy atom. The molecule has 0 radical (unpaired) electrons.